The fourth-order valence-corrected chi connectivity index (χ4v) is 4.82. The van der Waals surface area contributed by atoms with Crippen LogP contribution in [0.4, 0.5) is 0 Å². The Morgan fingerprint density at radius 2 is 1.92 bits per heavy atom. The number of rotatable bonds is 12. The van der Waals surface area contributed by atoms with Crippen LogP contribution in [0, 0.1) is 0 Å². The number of carboxylic acid groups (broad SMARTS) is 1. The number of nitrogens with two attached hydrogens (primary N) is 1. The van der Waals surface area contributed by atoms with Gasteiger partial charge in [0.2, 0.25) is 17.7 Å². The molecular weight excluding hydrogens is 486 g/mol. The smallest absolute Gasteiger partial charge is 0.326 e. The van der Waals surface area contributed by atoms with E-state index in [0.717, 1.165) is 21.4 Å². The van der Waals surface area contributed by atoms with Crippen LogP contribution in [0.15, 0.2) is 30.5 Å². The van der Waals surface area contributed by atoms with Gasteiger partial charge in [0.1, 0.15) is 18.1 Å². The van der Waals surface area contributed by atoms with Gasteiger partial charge in [0.15, 0.2) is 0 Å². The zero-order valence-electron chi connectivity index (χ0n) is 20.1. The van der Waals surface area contributed by atoms with Crippen molar-refractivity contribution in [2.24, 2.45) is 5.73 Å². The highest BCUT2D eigenvalue weighted by Crippen LogP contribution is 2.20. The number of fused-ring (bicyclic) bond motifs is 1. The number of aromatic amines is 1. The molecule has 0 bridgehead atoms. The van der Waals surface area contributed by atoms with Gasteiger partial charge in [0, 0.05) is 30.1 Å². The largest absolute Gasteiger partial charge is 0.480 e. The summed E-state index contributed by atoms with van der Waals surface area (Å²) in [6, 6.07) is 3.28. The third-order valence-corrected chi connectivity index (χ3v) is 6.96. The number of hydrogen-bond acceptors (Lipinski definition) is 7. The number of carbonyl (C=O) groups is 4. The Bertz CT molecular complexity index is 1090. The lowest BCUT2D eigenvalue weighted by atomic mass is 10.0. The quantitative estimate of drug-likeness (QED) is 0.224. The topological polar surface area (TPSA) is 178 Å². The van der Waals surface area contributed by atoms with Crippen molar-refractivity contribution in [3.63, 3.8) is 0 Å². The molecule has 1 aromatic carbocycles. The van der Waals surface area contributed by atoms with E-state index in [4.69, 9.17) is 5.73 Å². The molecule has 1 aliphatic rings. The van der Waals surface area contributed by atoms with Crippen LogP contribution in [0.3, 0.4) is 0 Å². The molecule has 1 aromatic heterocycles. The van der Waals surface area contributed by atoms with Crippen molar-refractivity contribution in [1.29, 1.82) is 0 Å². The van der Waals surface area contributed by atoms with Gasteiger partial charge in [-0.15, -0.1) is 0 Å². The minimum Gasteiger partial charge on any atom is -0.480 e. The molecule has 7 N–H and O–H groups in total. The monoisotopic (exact) mass is 519 g/mol. The van der Waals surface area contributed by atoms with Gasteiger partial charge in [-0.2, -0.15) is 11.8 Å². The number of thioether (sulfide) groups is 1. The maximum absolute atomic E-state index is 13.3. The molecule has 12 heteroatoms. The zero-order valence-corrected chi connectivity index (χ0v) is 20.9. The second-order valence-electron chi connectivity index (χ2n) is 8.78. The first kappa shape index (κ1) is 27.5. The molecule has 3 amide bonds. The minimum absolute atomic E-state index is 0.116. The van der Waals surface area contributed by atoms with Gasteiger partial charge in [-0.25, -0.2) is 4.79 Å². The highest BCUT2D eigenvalue weighted by Gasteiger charge is 2.38. The molecule has 4 atom stereocenters. The number of H-pyrrole nitrogens is 1. The van der Waals surface area contributed by atoms with Crippen molar-refractivity contribution in [2.75, 3.05) is 25.2 Å². The molecule has 0 radical (unpaired) electrons. The van der Waals surface area contributed by atoms with E-state index in [1.807, 2.05) is 30.5 Å². The second kappa shape index (κ2) is 12.7. The Labute approximate surface area is 213 Å². The first-order valence-corrected chi connectivity index (χ1v) is 13.2. The third-order valence-electron chi connectivity index (χ3n) is 6.32. The first-order valence-electron chi connectivity index (χ1n) is 11.8. The number of carbonyl (C=O) groups excluding carboxylic acids is 3. The van der Waals surface area contributed by atoms with E-state index in [9.17, 15) is 29.4 Å². The highest BCUT2D eigenvalue weighted by molar-refractivity contribution is 7.98. The Morgan fingerprint density at radius 3 is 2.61 bits per heavy atom. The molecule has 2 heterocycles. The molecule has 0 saturated carbocycles. The van der Waals surface area contributed by atoms with E-state index in [0.29, 0.717) is 25.0 Å². The van der Waals surface area contributed by atoms with Crippen LogP contribution in [0.5, 0.6) is 0 Å². The fourth-order valence-electron chi connectivity index (χ4n) is 4.33. The van der Waals surface area contributed by atoms with Gasteiger partial charge in [-0.05, 0) is 42.9 Å². The van der Waals surface area contributed by atoms with Gasteiger partial charge in [-0.1, -0.05) is 18.2 Å². The molecule has 11 nitrogen and oxygen atoms in total. The van der Waals surface area contributed by atoms with Crippen molar-refractivity contribution in [3.05, 3.63) is 36.0 Å². The van der Waals surface area contributed by atoms with Crippen molar-refractivity contribution < 1.29 is 29.4 Å². The first-order chi connectivity index (χ1) is 17.3. The van der Waals surface area contributed by atoms with Crippen LogP contribution >= 0.6 is 11.8 Å². The number of aliphatic hydroxyl groups is 1. The lowest BCUT2D eigenvalue weighted by molar-refractivity contribution is -0.150. The normalized spacial score (nSPS) is 18.0. The van der Waals surface area contributed by atoms with Gasteiger partial charge in [-0.3, -0.25) is 14.4 Å². The van der Waals surface area contributed by atoms with Gasteiger partial charge in [0.25, 0.3) is 0 Å². The van der Waals surface area contributed by atoms with Gasteiger partial charge < -0.3 is 36.5 Å². The number of benzene rings is 1. The average Bonchev–Trinajstić information content (AvgIpc) is 3.52. The van der Waals surface area contributed by atoms with E-state index in [1.165, 1.54) is 0 Å². The van der Waals surface area contributed by atoms with Crippen LogP contribution in [-0.2, 0) is 25.6 Å². The summed E-state index contributed by atoms with van der Waals surface area (Å²) in [6.07, 6.45) is 5.02. The summed E-state index contributed by atoms with van der Waals surface area (Å²) in [7, 11) is 0. The lowest BCUT2D eigenvalue weighted by Gasteiger charge is -2.28. The molecular formula is C24H33N5O6S. The lowest BCUT2D eigenvalue weighted by Crippen LogP contribution is -2.58. The third kappa shape index (κ3) is 6.56. The Hall–Kier alpha value is -3.09. The molecule has 1 saturated heterocycles. The number of nitrogens with one attached hydrogen (secondary N) is 3. The van der Waals surface area contributed by atoms with Crippen molar-refractivity contribution in [1.82, 2.24) is 20.5 Å². The number of para-hydroxylation sites is 1. The summed E-state index contributed by atoms with van der Waals surface area (Å²) in [5, 5.41) is 25.3. The predicted octanol–water partition coefficient (Wildman–Crippen LogP) is -0.172. The van der Waals surface area contributed by atoms with Crippen molar-refractivity contribution in [2.45, 2.75) is 49.9 Å². The molecule has 2 aromatic rings. The number of nitrogens with zero attached hydrogens (tertiary/aromatic N) is 1. The molecule has 3 rings (SSSR count). The number of amides is 3. The zero-order chi connectivity index (χ0) is 26.2. The minimum atomic E-state index is -1.34. The van der Waals surface area contributed by atoms with Gasteiger partial charge >= 0.3 is 5.97 Å². The van der Waals surface area contributed by atoms with Crippen LogP contribution in [0.1, 0.15) is 24.8 Å². The second-order valence-corrected chi connectivity index (χ2v) is 9.77. The number of hydrogen-bond donors (Lipinski definition) is 6. The summed E-state index contributed by atoms with van der Waals surface area (Å²) in [6.45, 7) is -0.490. The van der Waals surface area contributed by atoms with E-state index in [-0.39, 0.29) is 13.0 Å². The standard InChI is InChI=1S/C24H33N5O6S/c1-36-10-8-16(25)21(31)27-18(11-14-12-26-17-6-3-2-5-15(14)17)22(32)28-19(13-30)23(33)29-9-4-7-20(29)24(34)35/h2-3,5-6,12,16,18-20,26,30H,4,7-11,13,25H2,1H3,(H,27,31)(H,28,32)(H,34,35). The predicted molar refractivity (Wildman–Crippen MR) is 136 cm³/mol. The van der Waals surface area contributed by atoms with Crippen molar-refractivity contribution in [3.8, 4) is 0 Å². The van der Waals surface area contributed by atoms with Crippen LogP contribution < -0.4 is 16.4 Å². The maximum Gasteiger partial charge on any atom is 0.326 e. The van der Waals surface area contributed by atoms with Crippen LogP contribution in [-0.4, -0.2) is 93.1 Å². The highest BCUT2D eigenvalue weighted by atomic mass is 32.2. The Kier molecular flexibility index (Phi) is 9.73. The maximum atomic E-state index is 13.3. The molecule has 196 valence electrons. The number of aliphatic hydroxyl groups excluding tert-OH is 1. The van der Waals surface area contributed by atoms with E-state index in [2.05, 4.69) is 15.6 Å². The number of aromatic nitrogens is 1. The SMILES string of the molecule is CSCCC(N)C(=O)NC(Cc1c[nH]c2ccccc12)C(=O)NC(CO)C(=O)N1CCCC1C(=O)O. The van der Waals surface area contributed by atoms with Crippen LogP contribution in [0.2, 0.25) is 0 Å². The number of carboxylic acids is 1. The molecule has 36 heavy (non-hydrogen) atoms. The number of likely N-dealkylation sites (tertiary alicyclic amines) is 1. The molecule has 1 aliphatic heterocycles. The number of aliphatic carboxylic acids is 1. The van der Waals surface area contributed by atoms with E-state index in [1.54, 1.807) is 18.0 Å². The van der Waals surface area contributed by atoms with Crippen molar-refractivity contribution >= 4 is 46.4 Å². The van der Waals surface area contributed by atoms with Crippen LogP contribution in [0.25, 0.3) is 10.9 Å². The van der Waals surface area contributed by atoms with Gasteiger partial charge in [0.05, 0.1) is 12.6 Å². The Morgan fingerprint density at radius 1 is 1.19 bits per heavy atom. The molecule has 0 spiro atoms. The summed E-state index contributed by atoms with van der Waals surface area (Å²) >= 11 is 1.55. The fraction of sp³-hybridized carbons (Fsp3) is 0.500. The summed E-state index contributed by atoms with van der Waals surface area (Å²) in [5.74, 6) is -2.31. The van der Waals surface area contributed by atoms with E-state index >= 15 is 0 Å². The summed E-state index contributed by atoms with van der Waals surface area (Å²) < 4.78 is 0. The molecule has 4 unspecified atom stereocenters. The summed E-state index contributed by atoms with van der Waals surface area (Å²) in [5.41, 5.74) is 7.64. The average molecular weight is 520 g/mol. The molecule has 0 aliphatic carbocycles. The summed E-state index contributed by atoms with van der Waals surface area (Å²) in [4.78, 5) is 54.8. The van der Waals surface area contributed by atoms with E-state index < -0.39 is 54.5 Å². The molecule has 1 fully saturated rings. The Balaban J connectivity index is 1.79.